The lowest BCUT2D eigenvalue weighted by Gasteiger charge is -2.30. The molecule has 0 unspecified atom stereocenters. The van der Waals surface area contributed by atoms with Crippen LogP contribution >= 0.6 is 34.8 Å². The molecule has 0 aromatic heterocycles. The second kappa shape index (κ2) is 7.16. The van der Waals surface area contributed by atoms with E-state index in [2.05, 4.69) is 0 Å². The van der Waals surface area contributed by atoms with Gasteiger partial charge in [-0.3, -0.25) is 0 Å². The van der Waals surface area contributed by atoms with Gasteiger partial charge in [-0.15, -0.1) is 23.2 Å². The highest BCUT2D eigenvalue weighted by molar-refractivity contribution is 7.90. The molecule has 1 aromatic rings. The average molecular weight is 344 g/mol. The van der Waals surface area contributed by atoms with Crippen molar-refractivity contribution in [3.05, 3.63) is 34.9 Å². The Labute approximate surface area is 130 Å². The lowest BCUT2D eigenvalue weighted by molar-refractivity contribution is 0.483. The molecule has 0 N–H and O–H groups in total. The summed E-state index contributed by atoms with van der Waals surface area (Å²) in [7, 11) is -2.96. The first-order valence-corrected chi connectivity index (χ1v) is 9.39. The molecule has 1 rings (SSSR count). The molecule has 0 heterocycles. The third-order valence-corrected chi connectivity index (χ3v) is 5.44. The molecule has 0 amide bonds. The third kappa shape index (κ3) is 5.14. The fourth-order valence-electron chi connectivity index (χ4n) is 1.94. The zero-order valence-electron chi connectivity index (χ0n) is 10.7. The normalized spacial score (nSPS) is 12.6. The Kier molecular flexibility index (Phi) is 6.44. The Balaban J connectivity index is 2.87. The summed E-state index contributed by atoms with van der Waals surface area (Å²) < 4.78 is 22.4. The zero-order valence-corrected chi connectivity index (χ0v) is 13.8. The van der Waals surface area contributed by atoms with Crippen molar-refractivity contribution in [2.24, 2.45) is 0 Å². The highest BCUT2D eigenvalue weighted by Gasteiger charge is 2.30. The van der Waals surface area contributed by atoms with Crippen LogP contribution < -0.4 is 0 Å². The second-order valence-corrected chi connectivity index (χ2v) is 8.02. The van der Waals surface area contributed by atoms with Gasteiger partial charge < -0.3 is 0 Å². The lowest BCUT2D eigenvalue weighted by Crippen LogP contribution is -2.31. The van der Waals surface area contributed by atoms with Crippen LogP contribution in [-0.4, -0.2) is 32.2 Å². The topological polar surface area (TPSA) is 34.1 Å². The molecular weight excluding hydrogens is 327 g/mol. The molecular formula is C13H17Cl3O2S. The number of rotatable bonds is 7. The summed E-state index contributed by atoms with van der Waals surface area (Å²) in [6, 6.07) is 7.38. The van der Waals surface area contributed by atoms with Gasteiger partial charge in [-0.05, 0) is 30.5 Å². The van der Waals surface area contributed by atoms with E-state index >= 15 is 0 Å². The quantitative estimate of drug-likeness (QED) is 0.704. The first-order chi connectivity index (χ1) is 8.83. The van der Waals surface area contributed by atoms with Crippen LogP contribution in [0.4, 0.5) is 0 Å². The molecule has 0 spiro atoms. The van der Waals surface area contributed by atoms with Crippen LogP contribution in [0, 0.1) is 0 Å². The van der Waals surface area contributed by atoms with Crippen LogP contribution in [0.15, 0.2) is 24.3 Å². The number of hydrogen-bond acceptors (Lipinski definition) is 2. The van der Waals surface area contributed by atoms with E-state index in [1.165, 1.54) is 6.26 Å². The molecule has 19 heavy (non-hydrogen) atoms. The summed E-state index contributed by atoms with van der Waals surface area (Å²) in [4.78, 5) is 0. The molecule has 108 valence electrons. The Morgan fingerprint density at radius 2 is 1.63 bits per heavy atom. The van der Waals surface area contributed by atoms with Crippen molar-refractivity contribution in [1.29, 1.82) is 0 Å². The summed E-state index contributed by atoms with van der Waals surface area (Å²) >= 11 is 18.0. The molecule has 0 aliphatic carbocycles. The van der Waals surface area contributed by atoms with Crippen LogP contribution in [0.1, 0.15) is 18.4 Å². The Morgan fingerprint density at radius 3 is 2.05 bits per heavy atom. The summed E-state index contributed by atoms with van der Waals surface area (Å²) in [5, 5.41) is 0.651. The highest BCUT2D eigenvalue weighted by Crippen LogP contribution is 2.33. The van der Waals surface area contributed by atoms with Gasteiger partial charge >= 0.3 is 0 Å². The van der Waals surface area contributed by atoms with Gasteiger partial charge in [0.1, 0.15) is 9.84 Å². The molecule has 0 aliphatic rings. The monoisotopic (exact) mass is 342 g/mol. The Morgan fingerprint density at radius 1 is 1.11 bits per heavy atom. The van der Waals surface area contributed by atoms with Crippen molar-refractivity contribution in [3.8, 4) is 0 Å². The van der Waals surface area contributed by atoms with E-state index in [4.69, 9.17) is 34.8 Å². The van der Waals surface area contributed by atoms with Gasteiger partial charge in [0, 0.05) is 34.2 Å². The minimum atomic E-state index is -2.96. The maximum atomic E-state index is 11.2. The summed E-state index contributed by atoms with van der Waals surface area (Å²) in [6.07, 6.45) is 2.41. The number of halogens is 3. The molecule has 0 radical (unpaired) electrons. The molecule has 0 saturated heterocycles. The standard InChI is InChI=1S/C13H17Cl3O2S/c1-19(17,18)8-2-7-13(9-14,10-15)11-3-5-12(16)6-4-11/h3-6H,2,7-10H2,1H3. The SMILES string of the molecule is CS(=O)(=O)CCCC(CCl)(CCl)c1ccc(Cl)cc1. The minimum absolute atomic E-state index is 0.149. The summed E-state index contributed by atoms with van der Waals surface area (Å²) in [6.45, 7) is 0. The molecule has 0 aliphatic heterocycles. The average Bonchev–Trinajstić information content (AvgIpc) is 2.35. The van der Waals surface area contributed by atoms with Gasteiger partial charge in [-0.25, -0.2) is 8.42 Å². The fraction of sp³-hybridized carbons (Fsp3) is 0.538. The maximum Gasteiger partial charge on any atom is 0.147 e. The molecule has 2 nitrogen and oxygen atoms in total. The van der Waals surface area contributed by atoms with Gasteiger partial charge in [0.25, 0.3) is 0 Å². The predicted octanol–water partition coefficient (Wildman–Crippen LogP) is 3.88. The van der Waals surface area contributed by atoms with E-state index in [9.17, 15) is 8.42 Å². The van der Waals surface area contributed by atoms with E-state index in [0.717, 1.165) is 5.56 Å². The molecule has 6 heteroatoms. The predicted molar refractivity (Wildman–Crippen MR) is 83.5 cm³/mol. The van der Waals surface area contributed by atoms with Crippen LogP contribution in [0.3, 0.4) is 0 Å². The van der Waals surface area contributed by atoms with Crippen molar-refractivity contribution in [2.75, 3.05) is 23.8 Å². The van der Waals surface area contributed by atoms with Gasteiger partial charge in [-0.2, -0.15) is 0 Å². The maximum absolute atomic E-state index is 11.2. The number of alkyl halides is 2. The van der Waals surface area contributed by atoms with Crippen molar-refractivity contribution in [2.45, 2.75) is 18.3 Å². The Hall–Kier alpha value is 0.0400. The van der Waals surface area contributed by atoms with Gasteiger partial charge in [0.05, 0.1) is 0 Å². The van der Waals surface area contributed by atoms with Gasteiger partial charge in [-0.1, -0.05) is 23.7 Å². The van der Waals surface area contributed by atoms with Crippen LogP contribution in [-0.2, 0) is 15.3 Å². The lowest BCUT2D eigenvalue weighted by atomic mass is 9.80. The number of benzene rings is 1. The van der Waals surface area contributed by atoms with E-state index in [-0.39, 0.29) is 5.75 Å². The van der Waals surface area contributed by atoms with Gasteiger partial charge in [0.15, 0.2) is 0 Å². The fourth-order valence-corrected chi connectivity index (χ4v) is 3.60. The molecule has 0 bridgehead atoms. The summed E-state index contributed by atoms with van der Waals surface area (Å²) in [5.41, 5.74) is 0.591. The van der Waals surface area contributed by atoms with E-state index < -0.39 is 15.3 Å². The van der Waals surface area contributed by atoms with Crippen molar-refractivity contribution >= 4 is 44.6 Å². The van der Waals surface area contributed by atoms with Crippen molar-refractivity contribution in [3.63, 3.8) is 0 Å². The van der Waals surface area contributed by atoms with E-state index in [1.54, 1.807) is 12.1 Å². The van der Waals surface area contributed by atoms with E-state index in [1.807, 2.05) is 12.1 Å². The number of hydrogen-bond donors (Lipinski definition) is 0. The third-order valence-electron chi connectivity index (χ3n) is 3.14. The van der Waals surface area contributed by atoms with E-state index in [0.29, 0.717) is 29.6 Å². The second-order valence-electron chi connectivity index (χ2n) is 4.79. The molecule has 0 atom stereocenters. The first kappa shape index (κ1) is 17.1. The van der Waals surface area contributed by atoms with Crippen LogP contribution in [0.2, 0.25) is 5.02 Å². The zero-order chi connectivity index (χ0) is 14.5. The largest absolute Gasteiger partial charge is 0.229 e. The smallest absolute Gasteiger partial charge is 0.147 e. The molecule has 0 fully saturated rings. The van der Waals surface area contributed by atoms with Crippen molar-refractivity contribution in [1.82, 2.24) is 0 Å². The van der Waals surface area contributed by atoms with Crippen LogP contribution in [0.5, 0.6) is 0 Å². The van der Waals surface area contributed by atoms with Crippen LogP contribution in [0.25, 0.3) is 0 Å². The molecule has 0 saturated carbocycles. The first-order valence-electron chi connectivity index (χ1n) is 5.89. The minimum Gasteiger partial charge on any atom is -0.229 e. The highest BCUT2D eigenvalue weighted by atomic mass is 35.5. The molecule has 1 aromatic carbocycles. The van der Waals surface area contributed by atoms with Crippen molar-refractivity contribution < 1.29 is 8.42 Å². The number of sulfone groups is 1. The van der Waals surface area contributed by atoms with Gasteiger partial charge in [0.2, 0.25) is 0 Å². The summed E-state index contributed by atoms with van der Waals surface area (Å²) in [5.74, 6) is 0.847. The Bertz CT molecular complexity index is 493.